The fourth-order valence-electron chi connectivity index (χ4n) is 10.0. The number of carbonyl (C=O) groups is 4. The van der Waals surface area contributed by atoms with Crippen LogP contribution < -0.4 is 25.7 Å². The standard InChI is InChI=1S/C54H72N4O7.Mg/c1-11-38-33(6)42-26-46-40(29-60)35(8)41(56-46)25-43-34(7)39(51(57-43)49-50(54(63)64-10)53(62)48-36(9)44(58-52(48)49)27-45(38)55-42)21-22-47(61)65-24-23-32(5)18-14-20-37(28-59)19-13-17-31(4)16-12-15-30(2)3;/h23,25-27,29-31,34,37,39,50,59H,11-22,24,28H2,1-10H3,(H2-2,55,56,57,58,60,62);/q-2;+2/p-2/b32-23+,43-25-;/t31-,34+,37-,39+,50-;/m1./s1. The van der Waals surface area contributed by atoms with Gasteiger partial charge in [0, 0.05) is 24.2 Å². The molecule has 1 N–H and O–H groups in total. The van der Waals surface area contributed by atoms with Gasteiger partial charge in [-0.2, -0.15) is 11.4 Å². The normalized spacial score (nSPS) is 21.5. The van der Waals surface area contributed by atoms with Gasteiger partial charge in [-0.15, -0.1) is 33.5 Å². The van der Waals surface area contributed by atoms with Gasteiger partial charge in [0.05, 0.1) is 7.11 Å². The summed E-state index contributed by atoms with van der Waals surface area (Å²) in [4.78, 5) is 68.8. The van der Waals surface area contributed by atoms with Crippen molar-refractivity contribution in [2.45, 2.75) is 139 Å². The van der Waals surface area contributed by atoms with Crippen LogP contribution in [0, 0.1) is 56.3 Å². The third-order valence-corrected chi connectivity index (χ3v) is 14.2. The fraction of sp³-hybridized carbons (Fsp3) is 0.556. The first-order chi connectivity index (χ1) is 31.1. The Bertz CT molecular complexity index is 2480. The number of ketones is 1. The number of aldehydes is 1. The zero-order valence-corrected chi connectivity index (χ0v) is 42.6. The number of aliphatic hydroxyl groups is 1. The molecule has 0 saturated carbocycles. The van der Waals surface area contributed by atoms with E-state index in [4.69, 9.17) is 29.7 Å². The summed E-state index contributed by atoms with van der Waals surface area (Å²) in [5, 5.41) is 16.6. The molecule has 1 saturated heterocycles. The van der Waals surface area contributed by atoms with E-state index in [1.165, 1.54) is 32.8 Å². The van der Waals surface area contributed by atoms with Crippen molar-refractivity contribution >= 4 is 70.9 Å². The third kappa shape index (κ3) is 11.6. The van der Waals surface area contributed by atoms with Crippen molar-refractivity contribution in [3.8, 4) is 0 Å². The molecular weight excluding hydrogens is 841 g/mol. The van der Waals surface area contributed by atoms with Gasteiger partial charge in [-0.1, -0.05) is 118 Å². The molecule has 0 spiro atoms. The summed E-state index contributed by atoms with van der Waals surface area (Å²) in [6.45, 7) is 19.1. The Hall–Kier alpha value is -4.39. The van der Waals surface area contributed by atoms with E-state index in [9.17, 15) is 24.3 Å². The molecule has 0 unspecified atom stereocenters. The topological polar surface area (TPSA) is 163 Å². The quantitative estimate of drug-likeness (QED) is 0.0361. The largest absolute Gasteiger partial charge is 2.00 e. The molecule has 3 aliphatic rings. The molecule has 0 aromatic carbocycles. The SMILES string of the molecule is CCc1c(C)/c2[n-]/c1=C\c1[n-]c3c(c1C)C(=O)[C@H](C(=O)OC)/C3=C1/[N-]/C(=C\c3[n-]c(c(C=O)c3C)\C=2)[C@@H](C)[C@@H]1CCC(=O)OC/C=C(\C)CCC[C@H](CO)CCC[C@H](C)CCCC(C)C.[Mg+2]. The number of esters is 2. The van der Waals surface area contributed by atoms with Crippen molar-refractivity contribution in [3.63, 3.8) is 0 Å². The van der Waals surface area contributed by atoms with Crippen molar-refractivity contribution in [2.24, 2.45) is 35.5 Å². The predicted octanol–water partition coefficient (Wildman–Crippen LogP) is 8.51. The number of Topliss-reactive ketones (excluding diaryl/α,β-unsaturated/α-hetero) is 1. The molecule has 5 atom stereocenters. The Balaban J connectivity index is 0.00000817. The first kappa shape index (κ1) is 52.6. The maximum absolute atomic E-state index is 14.3. The summed E-state index contributed by atoms with van der Waals surface area (Å²) in [7, 11) is 1.27. The molecular formula is C54H70MgN4O7-2. The summed E-state index contributed by atoms with van der Waals surface area (Å²) < 4.78 is 11.0. The molecule has 0 radical (unpaired) electrons. The number of fused-ring (bicyclic) bond motifs is 7. The Labute approximate surface area is 408 Å². The second-order valence-electron chi connectivity index (χ2n) is 19.3. The first-order valence-electron chi connectivity index (χ1n) is 24.0. The van der Waals surface area contributed by atoms with E-state index in [2.05, 4.69) is 34.6 Å². The van der Waals surface area contributed by atoms with Crippen LogP contribution in [0.25, 0.3) is 29.1 Å². The van der Waals surface area contributed by atoms with Crippen molar-refractivity contribution in [2.75, 3.05) is 20.3 Å². The molecule has 8 bridgehead atoms. The molecule has 1 aliphatic carbocycles. The molecule has 66 heavy (non-hydrogen) atoms. The number of allylic oxidation sites excluding steroid dienone is 3. The minimum absolute atomic E-state index is 0. The Kier molecular flexibility index (Phi) is 18.8. The monoisotopic (exact) mass is 911 g/mol. The van der Waals surface area contributed by atoms with E-state index >= 15 is 0 Å². The number of nitrogens with zero attached hydrogens (tertiary/aromatic N) is 4. The first-order valence-corrected chi connectivity index (χ1v) is 24.0. The molecule has 11 nitrogen and oxygen atoms in total. The van der Waals surface area contributed by atoms with Crippen LogP contribution >= 0.6 is 0 Å². The maximum atomic E-state index is 14.3. The van der Waals surface area contributed by atoms with E-state index < -0.39 is 17.7 Å². The second-order valence-corrected chi connectivity index (χ2v) is 19.3. The zero-order valence-electron chi connectivity index (χ0n) is 41.1. The van der Waals surface area contributed by atoms with Crippen LogP contribution in [0.15, 0.2) is 23.0 Å². The van der Waals surface area contributed by atoms with Gasteiger partial charge in [-0.05, 0) is 102 Å². The smallest absolute Gasteiger partial charge is 0.664 e. The Morgan fingerprint density at radius 2 is 1.55 bits per heavy atom. The molecule has 5 heterocycles. The van der Waals surface area contributed by atoms with Gasteiger partial charge in [0.25, 0.3) is 0 Å². The number of methoxy groups -OCH3 is 1. The van der Waals surface area contributed by atoms with Crippen molar-refractivity contribution < 1.29 is 33.8 Å². The zero-order chi connectivity index (χ0) is 47.1. The third-order valence-electron chi connectivity index (χ3n) is 14.2. The van der Waals surface area contributed by atoms with Crippen molar-refractivity contribution in [3.05, 3.63) is 95.2 Å². The minimum Gasteiger partial charge on any atom is -0.664 e. The molecule has 6 rings (SSSR count). The molecule has 2 aliphatic heterocycles. The average Bonchev–Trinajstić information content (AvgIpc) is 4.02. The van der Waals surface area contributed by atoms with Crippen LogP contribution in [0.4, 0.5) is 0 Å². The summed E-state index contributed by atoms with van der Waals surface area (Å²) in [6, 6.07) is 0. The number of ether oxygens (including phenoxy) is 2. The molecule has 0 amide bonds. The van der Waals surface area contributed by atoms with Crippen LogP contribution in [0.3, 0.4) is 0 Å². The van der Waals surface area contributed by atoms with Gasteiger partial charge in [0.2, 0.25) is 0 Å². The summed E-state index contributed by atoms with van der Waals surface area (Å²) >= 11 is 0. The molecule has 3 aromatic heterocycles. The van der Waals surface area contributed by atoms with Crippen LogP contribution in [-0.4, -0.2) is 72.5 Å². The average molecular weight is 911 g/mol. The van der Waals surface area contributed by atoms with Crippen LogP contribution in [0.2, 0.25) is 0 Å². The fourth-order valence-corrected chi connectivity index (χ4v) is 10.0. The second kappa shape index (κ2) is 23.6. The number of aromatic nitrogens is 3. The summed E-state index contributed by atoms with van der Waals surface area (Å²) in [5.41, 5.74) is 8.91. The van der Waals surface area contributed by atoms with E-state index in [0.29, 0.717) is 91.5 Å². The van der Waals surface area contributed by atoms with Gasteiger partial charge in [-0.3, -0.25) is 19.2 Å². The number of aliphatic hydroxyl groups excluding tert-OH is 1. The van der Waals surface area contributed by atoms with Crippen LogP contribution in [0.5, 0.6) is 0 Å². The van der Waals surface area contributed by atoms with E-state index in [1.807, 2.05) is 52.0 Å². The van der Waals surface area contributed by atoms with Crippen LogP contribution in [-0.2, 0) is 25.5 Å². The molecule has 1 fully saturated rings. The minimum atomic E-state index is -1.27. The van der Waals surface area contributed by atoms with Gasteiger partial charge in [-0.25, -0.2) is 0 Å². The van der Waals surface area contributed by atoms with Crippen LogP contribution in [0.1, 0.15) is 178 Å². The van der Waals surface area contributed by atoms with Crippen molar-refractivity contribution in [1.82, 2.24) is 15.0 Å². The van der Waals surface area contributed by atoms with E-state index in [-0.39, 0.29) is 60.5 Å². The summed E-state index contributed by atoms with van der Waals surface area (Å²) in [5.74, 6) is -1.58. The van der Waals surface area contributed by atoms with Gasteiger partial charge >= 0.3 is 35.0 Å². The number of hydrogen-bond donors (Lipinski definition) is 1. The Morgan fingerprint density at radius 3 is 2.21 bits per heavy atom. The van der Waals surface area contributed by atoms with Gasteiger partial charge < -0.3 is 34.8 Å². The van der Waals surface area contributed by atoms with Crippen molar-refractivity contribution in [1.29, 1.82) is 0 Å². The maximum Gasteiger partial charge on any atom is 2.00 e. The Morgan fingerprint density at radius 1 is 0.864 bits per heavy atom. The van der Waals surface area contributed by atoms with E-state index in [0.717, 1.165) is 66.9 Å². The van der Waals surface area contributed by atoms with E-state index in [1.54, 1.807) is 0 Å². The predicted molar refractivity (Wildman–Crippen MR) is 261 cm³/mol. The number of rotatable bonds is 21. The number of hydrogen-bond acceptors (Lipinski definition) is 7. The molecule has 12 heteroatoms. The van der Waals surface area contributed by atoms with Gasteiger partial charge in [0.15, 0.2) is 5.78 Å². The number of carbonyl (C=O) groups excluding carboxylic acids is 4. The van der Waals surface area contributed by atoms with Gasteiger partial charge in [0.1, 0.15) is 18.8 Å². The molecule has 352 valence electrons. The summed E-state index contributed by atoms with van der Waals surface area (Å²) in [6.07, 6.45) is 19.6. The molecule has 3 aromatic rings.